The number of halogens is 1. The van der Waals surface area contributed by atoms with Gasteiger partial charge in [0.1, 0.15) is 35.3 Å². The van der Waals surface area contributed by atoms with Crippen molar-refractivity contribution in [2.45, 2.75) is 13.5 Å². The highest BCUT2D eigenvalue weighted by atomic mass is 19.1. The summed E-state index contributed by atoms with van der Waals surface area (Å²) in [5.41, 5.74) is 0.0245. The van der Waals surface area contributed by atoms with Crippen molar-refractivity contribution in [3.63, 3.8) is 0 Å². The molecule has 7 heteroatoms. The smallest absolute Gasteiger partial charge is 0.341 e. The average Bonchev–Trinajstić information content (AvgIpc) is 2.92. The van der Waals surface area contributed by atoms with Crippen LogP contribution in [-0.4, -0.2) is 26.2 Å². The first kappa shape index (κ1) is 16.5. The van der Waals surface area contributed by atoms with Gasteiger partial charge in [-0.3, -0.25) is 0 Å². The Hall–Kier alpha value is -2.83. The Bertz CT molecular complexity index is 734. The molecule has 0 bridgehead atoms. The van der Waals surface area contributed by atoms with Gasteiger partial charge in [0.25, 0.3) is 0 Å². The summed E-state index contributed by atoms with van der Waals surface area (Å²) >= 11 is 0. The summed E-state index contributed by atoms with van der Waals surface area (Å²) in [5, 5.41) is 0. The zero-order valence-electron chi connectivity index (χ0n) is 12.8. The lowest BCUT2D eigenvalue weighted by Gasteiger charge is -2.05. The van der Waals surface area contributed by atoms with Gasteiger partial charge in [-0.2, -0.15) is 0 Å². The van der Waals surface area contributed by atoms with Gasteiger partial charge in [0.15, 0.2) is 0 Å². The van der Waals surface area contributed by atoms with Gasteiger partial charge in [-0.05, 0) is 25.1 Å². The van der Waals surface area contributed by atoms with Crippen LogP contribution in [0.5, 0.6) is 5.75 Å². The van der Waals surface area contributed by atoms with Crippen LogP contribution in [0.4, 0.5) is 4.39 Å². The number of carbonyl (C=O) groups excluding carboxylic acids is 2. The summed E-state index contributed by atoms with van der Waals surface area (Å²) in [4.78, 5) is 23.3. The highest BCUT2D eigenvalue weighted by molar-refractivity contribution is 5.91. The molecule has 1 aromatic carbocycles. The summed E-state index contributed by atoms with van der Waals surface area (Å²) in [6.07, 6.45) is 0. The zero-order valence-corrected chi connectivity index (χ0v) is 12.8. The molecule has 0 atom stereocenters. The molecule has 2 aromatic rings. The van der Waals surface area contributed by atoms with Crippen LogP contribution in [0.15, 0.2) is 28.7 Å². The van der Waals surface area contributed by atoms with E-state index in [1.807, 2.05) is 0 Å². The second-order valence-corrected chi connectivity index (χ2v) is 4.60. The standard InChI is InChI=1S/C16H15FO6/c1-9-13(15(18)21-3)6-11(23-9)8-22-16(19)12-5-4-10(20-2)7-14(12)17/h4-7H,8H2,1-3H3. The Labute approximate surface area is 131 Å². The van der Waals surface area contributed by atoms with Gasteiger partial charge < -0.3 is 18.6 Å². The largest absolute Gasteiger partial charge is 0.497 e. The van der Waals surface area contributed by atoms with Gasteiger partial charge in [-0.15, -0.1) is 0 Å². The molecule has 122 valence electrons. The minimum atomic E-state index is -0.848. The van der Waals surface area contributed by atoms with Crippen LogP contribution in [0.2, 0.25) is 0 Å². The van der Waals surface area contributed by atoms with E-state index in [9.17, 15) is 14.0 Å². The van der Waals surface area contributed by atoms with Crippen LogP contribution < -0.4 is 4.74 Å². The van der Waals surface area contributed by atoms with Crippen molar-refractivity contribution in [3.05, 3.63) is 52.7 Å². The summed E-state index contributed by atoms with van der Waals surface area (Å²) in [5.74, 6) is -1.25. The summed E-state index contributed by atoms with van der Waals surface area (Å²) in [7, 11) is 2.64. The van der Waals surface area contributed by atoms with Crippen molar-refractivity contribution in [2.75, 3.05) is 14.2 Å². The molecule has 0 N–H and O–H groups in total. The lowest BCUT2D eigenvalue weighted by molar-refractivity contribution is 0.0438. The van der Waals surface area contributed by atoms with Crippen LogP contribution in [0, 0.1) is 12.7 Å². The molecule has 0 unspecified atom stereocenters. The lowest BCUT2D eigenvalue weighted by atomic mass is 10.2. The number of ether oxygens (including phenoxy) is 3. The minimum Gasteiger partial charge on any atom is -0.497 e. The van der Waals surface area contributed by atoms with E-state index >= 15 is 0 Å². The number of rotatable bonds is 5. The van der Waals surface area contributed by atoms with Gasteiger partial charge in [0.05, 0.1) is 19.8 Å². The molecule has 0 aliphatic rings. The van der Waals surface area contributed by atoms with Crippen LogP contribution in [0.3, 0.4) is 0 Å². The number of methoxy groups -OCH3 is 2. The van der Waals surface area contributed by atoms with E-state index in [4.69, 9.17) is 13.9 Å². The second-order valence-electron chi connectivity index (χ2n) is 4.60. The molecule has 1 aromatic heterocycles. The summed E-state index contributed by atoms with van der Waals surface area (Å²) in [6.45, 7) is 1.35. The van der Waals surface area contributed by atoms with Crippen LogP contribution in [-0.2, 0) is 16.1 Å². The fraction of sp³-hybridized carbons (Fsp3) is 0.250. The maximum atomic E-state index is 13.8. The molecule has 23 heavy (non-hydrogen) atoms. The predicted octanol–water partition coefficient (Wildman–Crippen LogP) is 2.88. The fourth-order valence-corrected chi connectivity index (χ4v) is 1.93. The Kier molecular flexibility index (Phi) is 5.00. The van der Waals surface area contributed by atoms with E-state index in [1.165, 1.54) is 32.4 Å². The number of esters is 2. The number of furan rings is 1. The van der Waals surface area contributed by atoms with Crippen LogP contribution in [0.25, 0.3) is 0 Å². The summed E-state index contributed by atoms with van der Waals surface area (Å²) in [6, 6.07) is 5.22. The quantitative estimate of drug-likeness (QED) is 0.788. The average molecular weight is 322 g/mol. The minimum absolute atomic E-state index is 0.220. The second kappa shape index (κ2) is 6.95. The Balaban J connectivity index is 2.06. The molecule has 6 nitrogen and oxygen atoms in total. The van der Waals surface area contributed by atoms with Gasteiger partial charge in [-0.25, -0.2) is 14.0 Å². The van der Waals surface area contributed by atoms with Gasteiger partial charge in [0.2, 0.25) is 0 Å². The monoisotopic (exact) mass is 322 g/mol. The SMILES string of the molecule is COC(=O)c1cc(COC(=O)c2ccc(OC)cc2F)oc1C. The molecule has 0 aliphatic heterocycles. The third-order valence-electron chi connectivity index (χ3n) is 3.12. The van der Waals surface area contributed by atoms with E-state index in [1.54, 1.807) is 6.92 Å². The van der Waals surface area contributed by atoms with Crippen molar-refractivity contribution >= 4 is 11.9 Å². The number of aryl methyl sites for hydroxylation is 1. The Morgan fingerprint density at radius 3 is 2.48 bits per heavy atom. The number of hydrogen-bond donors (Lipinski definition) is 0. The van der Waals surface area contributed by atoms with E-state index in [0.29, 0.717) is 11.5 Å². The molecule has 0 aliphatic carbocycles. The molecule has 0 spiro atoms. The van der Waals surface area contributed by atoms with Crippen molar-refractivity contribution in [3.8, 4) is 5.75 Å². The molecular formula is C16H15FO6. The van der Waals surface area contributed by atoms with E-state index < -0.39 is 17.8 Å². The van der Waals surface area contributed by atoms with Crippen molar-refractivity contribution in [1.29, 1.82) is 0 Å². The van der Waals surface area contributed by atoms with Crippen LogP contribution >= 0.6 is 0 Å². The maximum Gasteiger partial charge on any atom is 0.341 e. The maximum absolute atomic E-state index is 13.8. The first-order valence-electron chi connectivity index (χ1n) is 6.64. The third kappa shape index (κ3) is 3.68. The molecule has 0 radical (unpaired) electrons. The molecule has 2 rings (SSSR count). The normalized spacial score (nSPS) is 10.3. The Morgan fingerprint density at radius 2 is 1.87 bits per heavy atom. The van der Waals surface area contributed by atoms with Crippen molar-refractivity contribution in [1.82, 2.24) is 0 Å². The molecule has 0 fully saturated rings. The lowest BCUT2D eigenvalue weighted by Crippen LogP contribution is -2.07. The molecular weight excluding hydrogens is 307 g/mol. The van der Waals surface area contributed by atoms with E-state index in [-0.39, 0.29) is 23.5 Å². The zero-order chi connectivity index (χ0) is 17.0. The molecule has 1 heterocycles. The topological polar surface area (TPSA) is 75.0 Å². The first-order chi connectivity index (χ1) is 11.0. The number of hydrogen-bond acceptors (Lipinski definition) is 6. The molecule has 0 saturated heterocycles. The van der Waals surface area contributed by atoms with Crippen molar-refractivity contribution in [2.24, 2.45) is 0 Å². The highest BCUT2D eigenvalue weighted by Gasteiger charge is 2.18. The number of benzene rings is 1. The van der Waals surface area contributed by atoms with Gasteiger partial charge >= 0.3 is 11.9 Å². The predicted molar refractivity (Wildman–Crippen MR) is 76.9 cm³/mol. The summed E-state index contributed by atoms with van der Waals surface area (Å²) < 4.78 is 33.5. The van der Waals surface area contributed by atoms with Gasteiger partial charge in [0, 0.05) is 6.07 Å². The first-order valence-corrected chi connectivity index (χ1v) is 6.64. The number of carbonyl (C=O) groups is 2. The van der Waals surface area contributed by atoms with E-state index in [2.05, 4.69) is 4.74 Å². The highest BCUT2D eigenvalue weighted by Crippen LogP contribution is 2.19. The fourth-order valence-electron chi connectivity index (χ4n) is 1.93. The molecule has 0 amide bonds. The van der Waals surface area contributed by atoms with Crippen molar-refractivity contribution < 1.29 is 32.6 Å². The molecule has 0 saturated carbocycles. The van der Waals surface area contributed by atoms with Crippen LogP contribution in [0.1, 0.15) is 32.2 Å². The Morgan fingerprint density at radius 1 is 1.13 bits per heavy atom. The third-order valence-corrected chi connectivity index (χ3v) is 3.12. The van der Waals surface area contributed by atoms with E-state index in [0.717, 1.165) is 6.07 Å². The van der Waals surface area contributed by atoms with Gasteiger partial charge in [-0.1, -0.05) is 0 Å².